The van der Waals surface area contributed by atoms with Crippen molar-refractivity contribution in [2.24, 2.45) is 4.99 Å². The van der Waals surface area contributed by atoms with Crippen LogP contribution in [0.1, 0.15) is 12.5 Å². The van der Waals surface area contributed by atoms with Gasteiger partial charge in [-0.3, -0.25) is 4.99 Å². The normalized spacial score (nSPS) is 12.5. The van der Waals surface area contributed by atoms with Gasteiger partial charge in [0.05, 0.1) is 0 Å². The van der Waals surface area contributed by atoms with Gasteiger partial charge in [0.25, 0.3) is 0 Å². The van der Waals surface area contributed by atoms with Crippen molar-refractivity contribution >= 4 is 5.84 Å². The second-order valence-corrected chi connectivity index (χ2v) is 3.80. The van der Waals surface area contributed by atoms with Gasteiger partial charge in [-0.15, -0.1) is 0 Å². The number of nitrogens with zero attached hydrogens (tertiary/aromatic N) is 1. The van der Waals surface area contributed by atoms with E-state index in [1.807, 2.05) is 48.7 Å². The summed E-state index contributed by atoms with van der Waals surface area (Å²) in [6, 6.07) is 10.0. The molecule has 0 atom stereocenters. The maximum atomic E-state index is 4.24. The zero-order valence-electron chi connectivity index (χ0n) is 11.6. The van der Waals surface area contributed by atoms with Gasteiger partial charge in [0.2, 0.25) is 0 Å². The largest absolute Gasteiger partial charge is 0.385 e. The third-order valence-electron chi connectivity index (χ3n) is 2.43. The topological polar surface area (TPSA) is 36.4 Å². The van der Waals surface area contributed by atoms with Crippen LogP contribution in [0, 0.1) is 0 Å². The Kier molecular flexibility index (Phi) is 6.80. The van der Waals surface area contributed by atoms with Gasteiger partial charge in [-0.1, -0.05) is 43.0 Å². The van der Waals surface area contributed by atoms with Crippen molar-refractivity contribution in [3.8, 4) is 0 Å². The highest BCUT2D eigenvalue weighted by Crippen LogP contribution is 1.99. The fourth-order valence-corrected chi connectivity index (χ4v) is 1.59. The van der Waals surface area contributed by atoms with Gasteiger partial charge in [-0.05, 0) is 19.1 Å². The molecule has 0 spiro atoms. The highest BCUT2D eigenvalue weighted by atomic mass is 15.0. The molecule has 3 nitrogen and oxygen atoms in total. The number of benzene rings is 1. The number of hydrogen-bond acceptors (Lipinski definition) is 2. The Morgan fingerprint density at radius 1 is 1.32 bits per heavy atom. The molecule has 0 saturated carbocycles. The van der Waals surface area contributed by atoms with Crippen molar-refractivity contribution in [2.75, 3.05) is 13.6 Å². The van der Waals surface area contributed by atoms with E-state index in [1.54, 1.807) is 13.1 Å². The van der Waals surface area contributed by atoms with Crippen LogP contribution in [0.5, 0.6) is 0 Å². The molecule has 0 bridgehead atoms. The fraction of sp³-hybridized carbons (Fsp3) is 0.188. The summed E-state index contributed by atoms with van der Waals surface area (Å²) in [5.41, 5.74) is 2.07. The fourth-order valence-electron chi connectivity index (χ4n) is 1.59. The summed E-state index contributed by atoms with van der Waals surface area (Å²) in [7, 11) is 1.77. The number of nitrogens with one attached hydrogen (secondary N) is 2. The third-order valence-corrected chi connectivity index (χ3v) is 2.43. The van der Waals surface area contributed by atoms with Crippen molar-refractivity contribution in [3.05, 3.63) is 72.6 Å². The summed E-state index contributed by atoms with van der Waals surface area (Å²) in [5, 5.41) is 6.43. The van der Waals surface area contributed by atoms with Gasteiger partial charge in [-0.25, -0.2) is 0 Å². The second kappa shape index (κ2) is 8.75. The quantitative estimate of drug-likeness (QED) is 0.466. The van der Waals surface area contributed by atoms with Gasteiger partial charge >= 0.3 is 0 Å². The van der Waals surface area contributed by atoms with Crippen LogP contribution in [0.25, 0.3) is 0 Å². The Bertz CT molecular complexity index is 470. The molecule has 1 rings (SSSR count). The smallest absolute Gasteiger partial charge is 0.131 e. The van der Waals surface area contributed by atoms with E-state index in [9.17, 15) is 0 Å². The molecule has 0 saturated heterocycles. The average Bonchev–Trinajstić information content (AvgIpc) is 2.45. The SMILES string of the molecule is C=C/C=C(\C=C\NC(=NC)c1ccccc1)NCC. The summed E-state index contributed by atoms with van der Waals surface area (Å²) >= 11 is 0. The minimum Gasteiger partial charge on any atom is -0.385 e. The standard InChI is InChI=1S/C16H21N3/c1-4-9-15(18-5-2)12-13-19-16(17-3)14-10-7-6-8-11-14/h4,6-13,18H,1,5H2,2-3H3,(H,17,19)/b13-12+,15-9+. The summed E-state index contributed by atoms with van der Waals surface area (Å²) in [4.78, 5) is 4.24. The maximum absolute atomic E-state index is 4.24. The molecule has 1 aromatic rings. The van der Waals surface area contributed by atoms with E-state index in [4.69, 9.17) is 0 Å². The summed E-state index contributed by atoms with van der Waals surface area (Å²) < 4.78 is 0. The van der Waals surface area contributed by atoms with E-state index in [0.29, 0.717) is 0 Å². The Hall–Kier alpha value is -2.29. The number of aliphatic imine (C=N–C) groups is 1. The van der Waals surface area contributed by atoms with E-state index >= 15 is 0 Å². The number of amidine groups is 1. The first kappa shape index (κ1) is 14.8. The van der Waals surface area contributed by atoms with Crippen LogP contribution in [0.3, 0.4) is 0 Å². The van der Waals surface area contributed by atoms with Crippen LogP contribution in [-0.2, 0) is 0 Å². The lowest BCUT2D eigenvalue weighted by molar-refractivity contribution is 0.877. The molecule has 0 aliphatic heterocycles. The van der Waals surface area contributed by atoms with E-state index in [2.05, 4.69) is 29.1 Å². The van der Waals surface area contributed by atoms with E-state index in [-0.39, 0.29) is 0 Å². The van der Waals surface area contributed by atoms with Crippen molar-refractivity contribution in [1.82, 2.24) is 10.6 Å². The number of allylic oxidation sites excluding steroid dienone is 3. The third kappa shape index (κ3) is 5.25. The molecule has 19 heavy (non-hydrogen) atoms. The van der Waals surface area contributed by atoms with E-state index in [0.717, 1.165) is 23.6 Å². The molecule has 0 fully saturated rings. The highest BCUT2D eigenvalue weighted by molar-refractivity contribution is 5.99. The van der Waals surface area contributed by atoms with Crippen LogP contribution < -0.4 is 10.6 Å². The molecule has 1 aromatic carbocycles. The van der Waals surface area contributed by atoms with Gasteiger partial charge in [-0.2, -0.15) is 0 Å². The average molecular weight is 255 g/mol. The molecule has 0 radical (unpaired) electrons. The van der Waals surface area contributed by atoms with Crippen LogP contribution in [0.4, 0.5) is 0 Å². The summed E-state index contributed by atoms with van der Waals surface area (Å²) in [5.74, 6) is 0.839. The Morgan fingerprint density at radius 3 is 2.63 bits per heavy atom. The molecule has 0 aliphatic carbocycles. The van der Waals surface area contributed by atoms with Crippen LogP contribution >= 0.6 is 0 Å². The van der Waals surface area contributed by atoms with Crippen LogP contribution in [0.15, 0.2) is 72.0 Å². The molecular formula is C16H21N3. The first-order valence-corrected chi connectivity index (χ1v) is 6.33. The van der Waals surface area contributed by atoms with Gasteiger partial charge in [0, 0.05) is 31.1 Å². The summed E-state index contributed by atoms with van der Waals surface area (Å²) in [6.07, 6.45) is 7.51. The first-order valence-electron chi connectivity index (χ1n) is 6.33. The number of hydrogen-bond donors (Lipinski definition) is 2. The lowest BCUT2D eigenvalue weighted by Crippen LogP contribution is -2.19. The number of rotatable bonds is 6. The Morgan fingerprint density at radius 2 is 2.05 bits per heavy atom. The monoisotopic (exact) mass is 255 g/mol. The lowest BCUT2D eigenvalue weighted by atomic mass is 10.2. The van der Waals surface area contributed by atoms with Crippen molar-refractivity contribution in [3.63, 3.8) is 0 Å². The van der Waals surface area contributed by atoms with Gasteiger partial charge in [0.1, 0.15) is 5.84 Å². The molecule has 2 N–H and O–H groups in total. The van der Waals surface area contributed by atoms with Crippen LogP contribution in [-0.4, -0.2) is 19.4 Å². The Balaban J connectivity index is 2.68. The van der Waals surface area contributed by atoms with E-state index in [1.165, 1.54) is 0 Å². The lowest BCUT2D eigenvalue weighted by Gasteiger charge is -2.06. The Labute approximate surface area is 115 Å². The van der Waals surface area contributed by atoms with E-state index < -0.39 is 0 Å². The first-order chi connectivity index (χ1) is 9.31. The zero-order chi connectivity index (χ0) is 13.9. The zero-order valence-corrected chi connectivity index (χ0v) is 11.6. The molecule has 3 heteroatoms. The summed E-state index contributed by atoms with van der Waals surface area (Å²) in [6.45, 7) is 6.62. The van der Waals surface area contributed by atoms with Crippen molar-refractivity contribution < 1.29 is 0 Å². The molecule has 0 aromatic heterocycles. The minimum atomic E-state index is 0.839. The highest BCUT2D eigenvalue weighted by Gasteiger charge is 1.98. The molecule has 0 heterocycles. The predicted molar refractivity (Wildman–Crippen MR) is 83.1 cm³/mol. The van der Waals surface area contributed by atoms with Crippen molar-refractivity contribution in [2.45, 2.75) is 6.92 Å². The maximum Gasteiger partial charge on any atom is 0.131 e. The molecule has 0 amide bonds. The molecule has 0 unspecified atom stereocenters. The van der Waals surface area contributed by atoms with Crippen molar-refractivity contribution in [1.29, 1.82) is 0 Å². The molecule has 100 valence electrons. The molecular weight excluding hydrogens is 234 g/mol. The molecule has 0 aliphatic rings. The van der Waals surface area contributed by atoms with Gasteiger partial charge < -0.3 is 10.6 Å². The van der Waals surface area contributed by atoms with Crippen LogP contribution in [0.2, 0.25) is 0 Å². The van der Waals surface area contributed by atoms with Gasteiger partial charge in [0.15, 0.2) is 0 Å². The minimum absolute atomic E-state index is 0.839. The predicted octanol–water partition coefficient (Wildman–Crippen LogP) is 2.85. The second-order valence-electron chi connectivity index (χ2n) is 3.80. The number of likely N-dealkylation sites (N-methyl/N-ethyl adjacent to an activating group) is 1.